The summed E-state index contributed by atoms with van der Waals surface area (Å²) in [6.07, 6.45) is 0. The normalized spacial score (nSPS) is 24.1. The van der Waals surface area contributed by atoms with Gasteiger partial charge in [0.05, 0.1) is 24.4 Å². The van der Waals surface area contributed by atoms with E-state index in [2.05, 4.69) is 4.90 Å². The van der Waals surface area contributed by atoms with Crippen molar-refractivity contribution in [1.82, 2.24) is 4.90 Å². The Balaban J connectivity index is 1.85. The Hall–Kier alpha value is -0.945. The molecule has 23 heavy (non-hydrogen) atoms. The number of hydrogen-bond donors (Lipinski definition) is 0. The van der Waals surface area contributed by atoms with Gasteiger partial charge < -0.3 is 14.0 Å². The van der Waals surface area contributed by atoms with Gasteiger partial charge in [-0.3, -0.25) is 4.90 Å². The lowest BCUT2D eigenvalue weighted by Gasteiger charge is -2.32. The molecule has 2 fully saturated rings. The Morgan fingerprint density at radius 1 is 1.09 bits per heavy atom. The van der Waals surface area contributed by atoms with Crippen LogP contribution in [-0.2, 0) is 20.6 Å². The maximum Gasteiger partial charge on any atom is 0.495 e. The summed E-state index contributed by atoms with van der Waals surface area (Å²) in [4.78, 5) is 2.27. The summed E-state index contributed by atoms with van der Waals surface area (Å²) in [6, 6.07) is 4.85. The molecule has 126 valence electrons. The van der Waals surface area contributed by atoms with Gasteiger partial charge in [-0.15, -0.1) is 0 Å². The van der Waals surface area contributed by atoms with Crippen molar-refractivity contribution in [2.45, 2.75) is 45.4 Å². The van der Waals surface area contributed by atoms with Crippen molar-refractivity contribution in [3.05, 3.63) is 29.6 Å². The Morgan fingerprint density at radius 3 is 2.30 bits per heavy atom. The molecule has 1 aromatic carbocycles. The van der Waals surface area contributed by atoms with Crippen molar-refractivity contribution >= 4 is 12.6 Å². The zero-order valence-electron chi connectivity index (χ0n) is 14.4. The Bertz CT molecular complexity index is 557. The van der Waals surface area contributed by atoms with Crippen LogP contribution in [0.3, 0.4) is 0 Å². The average Bonchev–Trinajstić information content (AvgIpc) is 2.68. The average molecular weight is 321 g/mol. The van der Waals surface area contributed by atoms with Crippen LogP contribution in [0.15, 0.2) is 18.2 Å². The van der Waals surface area contributed by atoms with Gasteiger partial charge in [0.2, 0.25) is 0 Å². The van der Waals surface area contributed by atoms with Gasteiger partial charge in [0.25, 0.3) is 0 Å². The second-order valence-electron chi connectivity index (χ2n) is 7.32. The molecule has 2 heterocycles. The van der Waals surface area contributed by atoms with Gasteiger partial charge in [-0.05, 0) is 50.9 Å². The molecule has 0 radical (unpaired) electrons. The summed E-state index contributed by atoms with van der Waals surface area (Å²) in [6.45, 7) is 12.0. The highest BCUT2D eigenvalue weighted by atomic mass is 19.1. The van der Waals surface area contributed by atoms with Crippen molar-refractivity contribution in [3.63, 3.8) is 0 Å². The molecule has 0 atom stereocenters. The molecule has 1 aromatic rings. The van der Waals surface area contributed by atoms with Crippen molar-refractivity contribution in [2.24, 2.45) is 0 Å². The van der Waals surface area contributed by atoms with Gasteiger partial charge in [-0.25, -0.2) is 4.39 Å². The molecule has 0 unspecified atom stereocenters. The van der Waals surface area contributed by atoms with Gasteiger partial charge in [0.15, 0.2) is 0 Å². The number of halogens is 1. The molecule has 0 bridgehead atoms. The second-order valence-corrected chi connectivity index (χ2v) is 7.32. The second kappa shape index (κ2) is 6.17. The molecule has 4 nitrogen and oxygen atoms in total. The van der Waals surface area contributed by atoms with Crippen LogP contribution in [0, 0.1) is 5.82 Å². The zero-order valence-corrected chi connectivity index (χ0v) is 14.4. The van der Waals surface area contributed by atoms with Gasteiger partial charge >= 0.3 is 7.12 Å². The highest BCUT2D eigenvalue weighted by molar-refractivity contribution is 6.62. The third kappa shape index (κ3) is 3.45. The van der Waals surface area contributed by atoms with Crippen molar-refractivity contribution < 1.29 is 18.4 Å². The topological polar surface area (TPSA) is 30.9 Å². The van der Waals surface area contributed by atoms with Crippen molar-refractivity contribution in [2.75, 3.05) is 26.3 Å². The molecule has 0 aromatic heterocycles. The van der Waals surface area contributed by atoms with E-state index in [9.17, 15) is 4.39 Å². The Labute approximate surface area is 138 Å². The molecule has 0 spiro atoms. The highest BCUT2D eigenvalue weighted by Crippen LogP contribution is 2.36. The number of benzene rings is 1. The summed E-state index contributed by atoms with van der Waals surface area (Å²) >= 11 is 0. The molecule has 2 aliphatic rings. The SMILES string of the molecule is CC1(C)OB(c2ccc(F)cc2CN2CCOCC2)OC1(C)C. The zero-order chi connectivity index (χ0) is 16.7. The van der Waals surface area contributed by atoms with Gasteiger partial charge in [-0.1, -0.05) is 6.07 Å². The molecular weight excluding hydrogens is 296 g/mol. The first-order valence-electron chi connectivity index (χ1n) is 8.22. The van der Waals surface area contributed by atoms with Crippen LogP contribution in [0.5, 0.6) is 0 Å². The lowest BCUT2D eigenvalue weighted by molar-refractivity contribution is 0.00578. The number of ether oxygens (including phenoxy) is 1. The minimum Gasteiger partial charge on any atom is -0.399 e. The first kappa shape index (κ1) is 16.9. The predicted octanol–water partition coefficient (Wildman–Crippen LogP) is 1.96. The van der Waals surface area contributed by atoms with Crippen molar-refractivity contribution in [3.8, 4) is 0 Å². The van der Waals surface area contributed by atoms with E-state index in [1.54, 1.807) is 12.1 Å². The fourth-order valence-electron chi connectivity index (χ4n) is 2.91. The van der Waals surface area contributed by atoms with Gasteiger partial charge in [0.1, 0.15) is 5.82 Å². The van der Waals surface area contributed by atoms with E-state index in [0.717, 1.165) is 37.3 Å². The van der Waals surface area contributed by atoms with E-state index < -0.39 is 18.3 Å². The highest BCUT2D eigenvalue weighted by Gasteiger charge is 2.52. The molecule has 0 aliphatic carbocycles. The maximum absolute atomic E-state index is 13.8. The van der Waals surface area contributed by atoms with Crippen LogP contribution in [0.4, 0.5) is 4.39 Å². The first-order valence-corrected chi connectivity index (χ1v) is 8.22. The van der Waals surface area contributed by atoms with E-state index in [1.807, 2.05) is 27.7 Å². The quantitative estimate of drug-likeness (QED) is 0.797. The molecule has 0 saturated carbocycles. The third-order valence-corrected chi connectivity index (χ3v) is 5.11. The summed E-state index contributed by atoms with van der Waals surface area (Å²) in [5.74, 6) is -0.228. The predicted molar refractivity (Wildman–Crippen MR) is 88.2 cm³/mol. The molecule has 0 amide bonds. The Morgan fingerprint density at radius 2 is 1.70 bits per heavy atom. The van der Waals surface area contributed by atoms with E-state index >= 15 is 0 Å². The lowest BCUT2D eigenvalue weighted by atomic mass is 9.75. The number of rotatable bonds is 3. The van der Waals surface area contributed by atoms with E-state index in [-0.39, 0.29) is 5.82 Å². The van der Waals surface area contributed by atoms with Crippen LogP contribution >= 0.6 is 0 Å². The minimum absolute atomic E-state index is 0.228. The molecule has 3 rings (SSSR count). The first-order chi connectivity index (χ1) is 10.8. The molecule has 0 N–H and O–H groups in total. The Kier molecular flexibility index (Phi) is 4.53. The fourth-order valence-corrected chi connectivity index (χ4v) is 2.91. The number of nitrogens with zero attached hydrogens (tertiary/aromatic N) is 1. The largest absolute Gasteiger partial charge is 0.495 e. The van der Waals surface area contributed by atoms with Gasteiger partial charge in [0, 0.05) is 19.6 Å². The van der Waals surface area contributed by atoms with Crippen molar-refractivity contribution in [1.29, 1.82) is 0 Å². The molecule has 2 saturated heterocycles. The summed E-state index contributed by atoms with van der Waals surface area (Å²) in [5, 5.41) is 0. The van der Waals surface area contributed by atoms with Gasteiger partial charge in [-0.2, -0.15) is 0 Å². The smallest absolute Gasteiger partial charge is 0.399 e. The molecule has 2 aliphatic heterocycles. The molecule has 6 heteroatoms. The fraction of sp³-hybridized carbons (Fsp3) is 0.647. The summed E-state index contributed by atoms with van der Waals surface area (Å²) < 4.78 is 31.4. The van der Waals surface area contributed by atoms with E-state index in [1.165, 1.54) is 6.07 Å². The van der Waals surface area contributed by atoms with Crippen LogP contribution in [0.2, 0.25) is 0 Å². The maximum atomic E-state index is 13.8. The number of morpholine rings is 1. The van der Waals surface area contributed by atoms with Crippen LogP contribution in [0.25, 0.3) is 0 Å². The summed E-state index contributed by atoms with van der Waals surface area (Å²) in [5.41, 5.74) is 1.03. The van der Waals surface area contributed by atoms with E-state index in [4.69, 9.17) is 14.0 Å². The van der Waals surface area contributed by atoms with E-state index in [0.29, 0.717) is 6.54 Å². The minimum atomic E-state index is -0.461. The van der Waals surface area contributed by atoms with Crippen LogP contribution in [0.1, 0.15) is 33.3 Å². The third-order valence-electron chi connectivity index (χ3n) is 5.11. The number of hydrogen-bond acceptors (Lipinski definition) is 4. The molecular formula is C17H25BFNO3. The standard InChI is InChI=1S/C17H25BFNO3/c1-16(2)17(3,4)23-18(22-16)15-6-5-14(19)11-13(15)12-20-7-9-21-10-8-20/h5-6,11H,7-10,12H2,1-4H3. The summed E-state index contributed by atoms with van der Waals surface area (Å²) in [7, 11) is -0.461. The lowest BCUT2D eigenvalue weighted by Crippen LogP contribution is -2.41. The van der Waals surface area contributed by atoms with Crippen LogP contribution < -0.4 is 5.46 Å². The monoisotopic (exact) mass is 321 g/mol. The van der Waals surface area contributed by atoms with Crippen LogP contribution in [-0.4, -0.2) is 49.5 Å².